The van der Waals surface area contributed by atoms with Crippen LogP contribution in [0.5, 0.6) is 17.2 Å². The van der Waals surface area contributed by atoms with Crippen LogP contribution in [0.4, 0.5) is 13.2 Å². The van der Waals surface area contributed by atoms with E-state index in [4.69, 9.17) is 23.8 Å². The van der Waals surface area contributed by atoms with Crippen LogP contribution in [0.2, 0.25) is 0 Å². The van der Waals surface area contributed by atoms with Crippen molar-refractivity contribution >= 4 is 49.1 Å². The molecule has 2 N–H and O–H groups in total. The quantitative estimate of drug-likeness (QED) is 0.267. The Balaban J connectivity index is 0.00000507. The molecule has 0 spiro atoms. The fraction of sp³-hybridized carbons (Fsp3) is 0.273. The van der Waals surface area contributed by atoms with Crippen LogP contribution in [-0.2, 0) is 9.09 Å². The molecule has 1 heterocycles. The molecule has 16 heteroatoms. The van der Waals surface area contributed by atoms with E-state index >= 15 is 0 Å². The third-order valence-corrected chi connectivity index (χ3v) is 6.16. The molecule has 0 aliphatic rings. The van der Waals surface area contributed by atoms with Gasteiger partial charge in [-0.05, 0) is 50.2 Å². The van der Waals surface area contributed by atoms with E-state index in [1.165, 1.54) is 62.2 Å². The van der Waals surface area contributed by atoms with Crippen molar-refractivity contribution in [3.63, 3.8) is 0 Å². The summed E-state index contributed by atoms with van der Waals surface area (Å²) in [5, 5.41) is 0.0719. The molecule has 3 aromatic rings. The van der Waals surface area contributed by atoms with Crippen LogP contribution in [0.25, 0.3) is 5.69 Å². The van der Waals surface area contributed by atoms with Gasteiger partial charge in [0.25, 0.3) is 5.56 Å². The molecule has 0 bridgehead atoms. The van der Waals surface area contributed by atoms with Crippen molar-refractivity contribution in [2.75, 3.05) is 13.7 Å². The van der Waals surface area contributed by atoms with Gasteiger partial charge >= 0.3 is 43.7 Å². The van der Waals surface area contributed by atoms with Gasteiger partial charge in [-0.1, -0.05) is 11.8 Å². The van der Waals surface area contributed by atoms with Crippen LogP contribution in [0.3, 0.4) is 0 Å². The topological polar surface area (TPSA) is 129 Å². The van der Waals surface area contributed by atoms with Gasteiger partial charge in [-0.15, -0.1) is 13.2 Å². The Kier molecular flexibility index (Phi) is 10.9. The van der Waals surface area contributed by atoms with Gasteiger partial charge in [0.2, 0.25) is 0 Å². The average molecular weight is 586 g/mol. The SMILES string of the molecule is COc1cc(-n2ccnc(Sc3ccc(OC(F)(F)F)cc3)c2=O)ccc1OCC(C)(C)OP(=O)(O)O.[NaH]. The molecule has 0 aliphatic heterocycles. The van der Waals surface area contributed by atoms with E-state index < -0.39 is 25.3 Å². The summed E-state index contributed by atoms with van der Waals surface area (Å²) in [7, 11) is -3.35. The number of hydrogen-bond donors (Lipinski definition) is 2. The summed E-state index contributed by atoms with van der Waals surface area (Å²) >= 11 is 0.963. The van der Waals surface area contributed by atoms with E-state index in [0.717, 1.165) is 23.9 Å². The number of aromatic nitrogens is 2. The molecular weight excluding hydrogens is 563 g/mol. The summed E-state index contributed by atoms with van der Waals surface area (Å²) in [4.78, 5) is 35.7. The summed E-state index contributed by atoms with van der Waals surface area (Å²) in [5.41, 5.74) is -1.40. The fourth-order valence-electron chi connectivity index (χ4n) is 3.01. The van der Waals surface area contributed by atoms with E-state index in [9.17, 15) is 22.5 Å². The van der Waals surface area contributed by atoms with Gasteiger partial charge in [0, 0.05) is 23.4 Å². The summed E-state index contributed by atoms with van der Waals surface area (Å²) in [6, 6.07) is 9.61. The van der Waals surface area contributed by atoms with Gasteiger partial charge < -0.3 is 24.0 Å². The van der Waals surface area contributed by atoms with Gasteiger partial charge in [-0.2, -0.15) is 0 Å². The molecule has 1 aromatic heterocycles. The van der Waals surface area contributed by atoms with Gasteiger partial charge in [0.15, 0.2) is 16.5 Å². The number of halogens is 3. The molecule has 0 saturated heterocycles. The second-order valence-corrected chi connectivity index (χ2v) is 10.2. The third kappa shape index (κ3) is 9.62. The molecule has 0 radical (unpaired) electrons. The van der Waals surface area contributed by atoms with E-state index in [0.29, 0.717) is 10.6 Å². The van der Waals surface area contributed by atoms with E-state index in [1.807, 2.05) is 0 Å². The maximum atomic E-state index is 13.0. The summed E-state index contributed by atoms with van der Waals surface area (Å²) < 4.78 is 69.0. The van der Waals surface area contributed by atoms with Crippen molar-refractivity contribution < 1.29 is 46.3 Å². The summed E-state index contributed by atoms with van der Waals surface area (Å²) in [6.07, 6.45) is -1.99. The molecule has 0 amide bonds. The minimum absolute atomic E-state index is 0. The molecule has 3 rings (SSSR count). The zero-order valence-electron chi connectivity index (χ0n) is 19.6. The van der Waals surface area contributed by atoms with E-state index in [1.54, 1.807) is 6.07 Å². The second kappa shape index (κ2) is 12.9. The number of benzene rings is 2. The standard InChI is InChI=1S/C22H22F3N2O8PS.Na.H/c1-21(2,35-36(29,30)31)13-33-17-9-4-14(12-18(17)32-3)27-11-10-26-19(20(27)28)37-16-7-5-15(6-8-16)34-22(23,24)25;;/h4-12H,13H2,1-3H3,(H2,29,30,31);;. The molecular formula is C22H23F3N2NaO8PS. The Labute approximate surface area is 241 Å². The molecule has 0 atom stereocenters. The van der Waals surface area contributed by atoms with Crippen molar-refractivity contribution in [1.29, 1.82) is 0 Å². The van der Waals surface area contributed by atoms with Crippen molar-refractivity contribution in [3.05, 3.63) is 65.2 Å². The van der Waals surface area contributed by atoms with E-state index in [-0.39, 0.29) is 58.4 Å². The van der Waals surface area contributed by atoms with Gasteiger partial charge in [-0.25, -0.2) is 9.55 Å². The number of nitrogens with zero attached hydrogens (tertiary/aromatic N) is 2. The molecule has 0 unspecified atom stereocenters. The number of ether oxygens (including phenoxy) is 3. The minimum atomic E-state index is -4.81. The normalized spacial score (nSPS) is 12.0. The predicted octanol–water partition coefficient (Wildman–Crippen LogP) is 3.91. The molecule has 202 valence electrons. The van der Waals surface area contributed by atoms with Crippen LogP contribution in [0.15, 0.2) is 69.6 Å². The van der Waals surface area contributed by atoms with Crippen LogP contribution in [0, 0.1) is 0 Å². The number of rotatable bonds is 10. The van der Waals surface area contributed by atoms with Crippen LogP contribution in [0.1, 0.15) is 13.8 Å². The first kappa shape index (κ1) is 32.2. The summed E-state index contributed by atoms with van der Waals surface area (Å²) in [5.74, 6) is 0.0931. The van der Waals surface area contributed by atoms with Gasteiger partial charge in [0.05, 0.1) is 12.8 Å². The first-order valence-corrected chi connectivity index (χ1v) is 12.7. The molecule has 0 aliphatic carbocycles. The van der Waals surface area contributed by atoms with Crippen molar-refractivity contribution in [1.82, 2.24) is 9.55 Å². The first-order chi connectivity index (χ1) is 17.2. The van der Waals surface area contributed by atoms with Crippen LogP contribution in [-0.4, -0.2) is 74.6 Å². The van der Waals surface area contributed by atoms with E-state index in [2.05, 4.69) is 9.72 Å². The number of alkyl halides is 3. The van der Waals surface area contributed by atoms with Crippen molar-refractivity contribution in [2.45, 2.75) is 35.7 Å². The van der Waals surface area contributed by atoms with Crippen LogP contribution >= 0.6 is 19.6 Å². The Bertz CT molecular complexity index is 1350. The summed E-state index contributed by atoms with van der Waals surface area (Å²) in [6.45, 7) is 2.68. The van der Waals surface area contributed by atoms with Crippen molar-refractivity contribution in [2.24, 2.45) is 0 Å². The Hall–Kier alpha value is -2.03. The zero-order valence-corrected chi connectivity index (χ0v) is 21.3. The van der Waals surface area contributed by atoms with Crippen LogP contribution < -0.4 is 19.8 Å². The Morgan fingerprint density at radius 3 is 2.32 bits per heavy atom. The number of methoxy groups -OCH3 is 1. The molecule has 0 fully saturated rings. The molecule has 0 saturated carbocycles. The predicted molar refractivity (Wildman–Crippen MR) is 133 cm³/mol. The fourth-order valence-corrected chi connectivity index (χ4v) is 4.50. The number of phosphoric ester groups is 1. The number of hydrogen-bond acceptors (Lipinski definition) is 8. The van der Waals surface area contributed by atoms with Gasteiger partial charge in [-0.3, -0.25) is 13.9 Å². The molecule has 38 heavy (non-hydrogen) atoms. The monoisotopic (exact) mass is 586 g/mol. The molecule has 10 nitrogen and oxygen atoms in total. The second-order valence-electron chi connectivity index (χ2n) is 7.99. The number of phosphoric acid groups is 1. The average Bonchev–Trinajstić information content (AvgIpc) is 2.78. The zero-order chi connectivity index (χ0) is 27.4. The maximum absolute atomic E-state index is 13.0. The first-order valence-electron chi connectivity index (χ1n) is 10.3. The third-order valence-electron chi connectivity index (χ3n) is 4.45. The van der Waals surface area contributed by atoms with Gasteiger partial charge in [0.1, 0.15) is 18.0 Å². The molecule has 2 aromatic carbocycles. The Morgan fingerprint density at radius 2 is 1.74 bits per heavy atom. The Morgan fingerprint density at radius 1 is 1.08 bits per heavy atom. The van der Waals surface area contributed by atoms with Crippen molar-refractivity contribution in [3.8, 4) is 22.9 Å².